The van der Waals surface area contributed by atoms with Gasteiger partial charge in [0.15, 0.2) is 0 Å². The van der Waals surface area contributed by atoms with Crippen LogP contribution in [0.2, 0.25) is 0 Å². The van der Waals surface area contributed by atoms with Crippen LogP contribution in [0.4, 0.5) is 0 Å². The Morgan fingerprint density at radius 2 is 1.58 bits per heavy atom. The van der Waals surface area contributed by atoms with Gasteiger partial charge in [-0.15, -0.1) is 0 Å². The van der Waals surface area contributed by atoms with Gasteiger partial charge in [-0.2, -0.15) is 0 Å². The summed E-state index contributed by atoms with van der Waals surface area (Å²) in [7, 11) is 0. The van der Waals surface area contributed by atoms with Crippen LogP contribution in [0.25, 0.3) is 10.8 Å². The molecule has 122 valence electrons. The summed E-state index contributed by atoms with van der Waals surface area (Å²) < 4.78 is 0. The van der Waals surface area contributed by atoms with Gasteiger partial charge in [0.2, 0.25) is 0 Å². The third kappa shape index (κ3) is 3.05. The third-order valence-electron chi connectivity index (χ3n) is 4.75. The van der Waals surface area contributed by atoms with E-state index >= 15 is 0 Å². The molecule has 0 aliphatic heterocycles. The molecule has 0 saturated carbocycles. The van der Waals surface area contributed by atoms with Crippen molar-refractivity contribution in [3.8, 4) is 0 Å². The molecule has 3 aromatic carbocycles. The summed E-state index contributed by atoms with van der Waals surface area (Å²) in [6, 6.07) is 18.2. The summed E-state index contributed by atoms with van der Waals surface area (Å²) >= 11 is 0. The van der Waals surface area contributed by atoms with Gasteiger partial charge in [0.1, 0.15) is 0 Å². The SMILES string of the molecule is Cc1cc(C)c(CC(C(=O)O)c2cccc3ccccc23)c(C)c1. The summed E-state index contributed by atoms with van der Waals surface area (Å²) in [6.07, 6.45) is 0.515. The molecule has 0 bridgehead atoms. The normalized spacial score (nSPS) is 12.3. The van der Waals surface area contributed by atoms with E-state index in [1.807, 2.05) is 42.5 Å². The average molecular weight is 318 g/mol. The Balaban J connectivity index is 2.10. The van der Waals surface area contributed by atoms with Gasteiger partial charge < -0.3 is 5.11 Å². The van der Waals surface area contributed by atoms with Crippen LogP contribution in [-0.2, 0) is 11.2 Å². The van der Waals surface area contributed by atoms with Crippen LogP contribution < -0.4 is 0 Å². The second-order valence-corrected chi connectivity index (χ2v) is 6.54. The van der Waals surface area contributed by atoms with Crippen LogP contribution in [0.15, 0.2) is 54.6 Å². The average Bonchev–Trinajstić information content (AvgIpc) is 2.53. The predicted octanol–water partition coefficient (Wildman–Crippen LogP) is 5.18. The summed E-state index contributed by atoms with van der Waals surface area (Å²) in [5.41, 5.74) is 5.57. The minimum Gasteiger partial charge on any atom is -0.481 e. The summed E-state index contributed by atoms with van der Waals surface area (Å²) in [6.45, 7) is 6.21. The highest BCUT2D eigenvalue weighted by Gasteiger charge is 2.23. The number of benzene rings is 3. The zero-order chi connectivity index (χ0) is 17.3. The zero-order valence-electron chi connectivity index (χ0n) is 14.3. The van der Waals surface area contributed by atoms with Crippen molar-refractivity contribution in [3.63, 3.8) is 0 Å². The number of fused-ring (bicyclic) bond motifs is 1. The van der Waals surface area contributed by atoms with Gasteiger partial charge in [-0.1, -0.05) is 60.2 Å². The van der Waals surface area contributed by atoms with Crippen LogP contribution in [0.1, 0.15) is 33.7 Å². The number of aliphatic carboxylic acids is 1. The molecular formula is C22H22O2. The molecule has 24 heavy (non-hydrogen) atoms. The van der Waals surface area contributed by atoms with Crippen molar-refractivity contribution in [2.75, 3.05) is 0 Å². The Kier molecular flexibility index (Phi) is 4.39. The van der Waals surface area contributed by atoms with Gasteiger partial charge in [-0.05, 0) is 60.2 Å². The first-order valence-corrected chi connectivity index (χ1v) is 8.24. The Morgan fingerprint density at radius 3 is 2.25 bits per heavy atom. The van der Waals surface area contributed by atoms with E-state index in [2.05, 4.69) is 32.9 Å². The molecule has 0 fully saturated rings. The fourth-order valence-electron chi connectivity index (χ4n) is 3.62. The minimum atomic E-state index is -0.772. The molecule has 1 N–H and O–H groups in total. The van der Waals surface area contributed by atoms with E-state index in [0.29, 0.717) is 6.42 Å². The summed E-state index contributed by atoms with van der Waals surface area (Å²) in [5, 5.41) is 12.0. The van der Waals surface area contributed by atoms with Gasteiger partial charge in [-0.25, -0.2) is 0 Å². The second-order valence-electron chi connectivity index (χ2n) is 6.54. The lowest BCUT2D eigenvalue weighted by molar-refractivity contribution is -0.138. The smallest absolute Gasteiger partial charge is 0.311 e. The van der Waals surface area contributed by atoms with Crippen molar-refractivity contribution in [2.24, 2.45) is 0 Å². The first kappa shape index (κ1) is 16.3. The summed E-state index contributed by atoms with van der Waals surface area (Å²) in [5.74, 6) is -1.32. The fraction of sp³-hybridized carbons (Fsp3) is 0.227. The number of hydrogen-bond donors (Lipinski definition) is 1. The lowest BCUT2D eigenvalue weighted by atomic mass is 9.85. The molecule has 0 aliphatic carbocycles. The Labute approximate surface area is 142 Å². The standard InChI is InChI=1S/C22H22O2/c1-14-11-15(2)20(16(3)12-14)13-21(22(23)24)19-10-6-8-17-7-4-5-9-18(17)19/h4-12,21H,13H2,1-3H3,(H,23,24). The number of rotatable bonds is 4. The quantitative estimate of drug-likeness (QED) is 0.720. The molecular weight excluding hydrogens is 296 g/mol. The molecule has 2 heteroatoms. The van der Waals surface area contributed by atoms with Crippen LogP contribution >= 0.6 is 0 Å². The maximum absolute atomic E-state index is 12.0. The lowest BCUT2D eigenvalue weighted by Gasteiger charge is -2.19. The van der Waals surface area contributed by atoms with Crippen molar-refractivity contribution in [1.82, 2.24) is 0 Å². The third-order valence-corrected chi connectivity index (χ3v) is 4.75. The molecule has 0 heterocycles. The van der Waals surface area contributed by atoms with Crippen molar-refractivity contribution in [3.05, 3.63) is 82.4 Å². The Bertz CT molecular complexity index is 880. The van der Waals surface area contributed by atoms with E-state index in [1.54, 1.807) is 0 Å². The molecule has 2 nitrogen and oxygen atoms in total. The van der Waals surface area contributed by atoms with Crippen molar-refractivity contribution in [2.45, 2.75) is 33.1 Å². The lowest BCUT2D eigenvalue weighted by Crippen LogP contribution is -2.16. The molecule has 0 aliphatic rings. The highest BCUT2D eigenvalue weighted by atomic mass is 16.4. The van der Waals surface area contributed by atoms with Gasteiger partial charge in [0.05, 0.1) is 5.92 Å². The van der Waals surface area contributed by atoms with Gasteiger partial charge in [0.25, 0.3) is 0 Å². The molecule has 1 atom stereocenters. The summed E-state index contributed by atoms with van der Waals surface area (Å²) in [4.78, 5) is 12.0. The Hall–Kier alpha value is -2.61. The number of carboxylic acids is 1. The van der Waals surface area contributed by atoms with E-state index in [9.17, 15) is 9.90 Å². The van der Waals surface area contributed by atoms with Gasteiger partial charge >= 0.3 is 5.97 Å². The molecule has 0 saturated heterocycles. The number of aryl methyl sites for hydroxylation is 3. The molecule has 3 aromatic rings. The first-order chi connectivity index (χ1) is 11.5. The van der Waals surface area contributed by atoms with E-state index in [-0.39, 0.29) is 0 Å². The van der Waals surface area contributed by atoms with Gasteiger partial charge in [-0.3, -0.25) is 4.79 Å². The molecule has 0 aromatic heterocycles. The number of carbonyl (C=O) groups is 1. The molecule has 3 rings (SSSR count). The molecule has 0 amide bonds. The van der Waals surface area contributed by atoms with E-state index < -0.39 is 11.9 Å². The van der Waals surface area contributed by atoms with E-state index in [0.717, 1.165) is 21.9 Å². The van der Waals surface area contributed by atoms with Gasteiger partial charge in [0, 0.05) is 0 Å². The topological polar surface area (TPSA) is 37.3 Å². The van der Waals surface area contributed by atoms with Crippen LogP contribution in [0, 0.1) is 20.8 Å². The predicted molar refractivity (Wildman–Crippen MR) is 98.7 cm³/mol. The Morgan fingerprint density at radius 1 is 0.958 bits per heavy atom. The zero-order valence-corrected chi connectivity index (χ0v) is 14.3. The molecule has 1 unspecified atom stereocenters. The second kappa shape index (κ2) is 6.48. The van der Waals surface area contributed by atoms with Crippen molar-refractivity contribution in [1.29, 1.82) is 0 Å². The monoisotopic (exact) mass is 318 g/mol. The molecule has 0 radical (unpaired) electrons. The minimum absolute atomic E-state index is 0.515. The first-order valence-electron chi connectivity index (χ1n) is 8.24. The molecule has 0 spiro atoms. The number of carboxylic acid groups (broad SMARTS) is 1. The fourth-order valence-corrected chi connectivity index (χ4v) is 3.62. The van der Waals surface area contributed by atoms with Crippen molar-refractivity contribution < 1.29 is 9.90 Å². The maximum Gasteiger partial charge on any atom is 0.311 e. The van der Waals surface area contributed by atoms with E-state index in [1.165, 1.54) is 16.7 Å². The van der Waals surface area contributed by atoms with Crippen LogP contribution in [0.5, 0.6) is 0 Å². The highest BCUT2D eigenvalue weighted by molar-refractivity contribution is 5.90. The van der Waals surface area contributed by atoms with Crippen LogP contribution in [0.3, 0.4) is 0 Å². The maximum atomic E-state index is 12.0. The van der Waals surface area contributed by atoms with Crippen LogP contribution in [-0.4, -0.2) is 11.1 Å². The highest BCUT2D eigenvalue weighted by Crippen LogP contribution is 2.31. The largest absolute Gasteiger partial charge is 0.481 e. The van der Waals surface area contributed by atoms with Crippen molar-refractivity contribution >= 4 is 16.7 Å². The number of hydrogen-bond acceptors (Lipinski definition) is 1. The van der Waals surface area contributed by atoms with E-state index in [4.69, 9.17) is 0 Å².